The summed E-state index contributed by atoms with van der Waals surface area (Å²) in [7, 11) is 1.43. The molecule has 1 heterocycles. The average Bonchev–Trinajstić information content (AvgIpc) is 2.80. The van der Waals surface area contributed by atoms with Gasteiger partial charge < -0.3 is 20.7 Å². The molecule has 1 aromatic heterocycles. The van der Waals surface area contributed by atoms with E-state index in [1.807, 2.05) is 30.3 Å². The van der Waals surface area contributed by atoms with Crippen LogP contribution in [0.15, 0.2) is 46.0 Å². The first kappa shape index (κ1) is 11.1. The number of benzene rings is 1. The van der Waals surface area contributed by atoms with Crippen molar-refractivity contribution in [3.05, 3.63) is 42.2 Å². The van der Waals surface area contributed by atoms with Gasteiger partial charge in [0.15, 0.2) is 5.76 Å². The Bertz CT molecular complexity index is 529. The van der Waals surface area contributed by atoms with Crippen molar-refractivity contribution in [2.24, 2.45) is 10.9 Å². The third-order valence-electron chi connectivity index (χ3n) is 2.24. The molecule has 0 radical (unpaired) electrons. The van der Waals surface area contributed by atoms with Gasteiger partial charge in [0.1, 0.15) is 12.9 Å². The van der Waals surface area contributed by atoms with Gasteiger partial charge in [-0.25, -0.2) is 0 Å². The predicted octanol–water partition coefficient (Wildman–Crippen LogP) is 1.80. The summed E-state index contributed by atoms with van der Waals surface area (Å²) >= 11 is 0. The Kier molecular flexibility index (Phi) is 3.00. The Morgan fingerprint density at radius 3 is 2.53 bits per heavy atom. The number of anilines is 1. The Morgan fingerprint density at radius 1 is 1.18 bits per heavy atom. The minimum absolute atomic E-state index is 0.203. The third-order valence-corrected chi connectivity index (χ3v) is 2.24. The van der Waals surface area contributed by atoms with Crippen LogP contribution < -0.4 is 11.5 Å². The van der Waals surface area contributed by atoms with Crippen LogP contribution in [0.5, 0.6) is 0 Å². The summed E-state index contributed by atoms with van der Waals surface area (Å²) in [5, 5.41) is 3.60. The summed E-state index contributed by atoms with van der Waals surface area (Å²) in [5.41, 5.74) is 12.9. The van der Waals surface area contributed by atoms with Gasteiger partial charge in [0.05, 0.1) is 0 Å². The molecule has 5 nitrogen and oxygen atoms in total. The predicted molar refractivity (Wildman–Crippen MR) is 66.3 cm³/mol. The van der Waals surface area contributed by atoms with Crippen LogP contribution in [0, 0.1) is 0 Å². The molecule has 0 spiro atoms. The van der Waals surface area contributed by atoms with Crippen LogP contribution in [0.1, 0.15) is 5.76 Å². The second-order valence-electron chi connectivity index (χ2n) is 3.45. The van der Waals surface area contributed by atoms with E-state index in [1.54, 1.807) is 6.07 Å². The Hall–Kier alpha value is -2.43. The number of hydrogen-bond acceptors (Lipinski definition) is 4. The van der Waals surface area contributed by atoms with Crippen molar-refractivity contribution in [2.75, 3.05) is 12.8 Å². The summed E-state index contributed by atoms with van der Waals surface area (Å²) in [4.78, 5) is 4.58. The molecular formula is C12H13N3O2. The van der Waals surface area contributed by atoms with E-state index >= 15 is 0 Å². The molecule has 0 fully saturated rings. The van der Waals surface area contributed by atoms with Gasteiger partial charge in [-0.3, -0.25) is 0 Å². The van der Waals surface area contributed by atoms with Crippen LogP contribution in [0.25, 0.3) is 11.3 Å². The number of nitrogens with two attached hydrogens (primary N) is 2. The molecule has 88 valence electrons. The SMILES string of the molecule is CON=C(N)c1ccc(-c2ccc(N)cc2)o1. The van der Waals surface area contributed by atoms with Gasteiger partial charge in [-0.05, 0) is 36.4 Å². The number of nitrogen functional groups attached to an aromatic ring is 1. The monoisotopic (exact) mass is 231 g/mol. The number of rotatable bonds is 3. The highest BCUT2D eigenvalue weighted by molar-refractivity contribution is 5.94. The van der Waals surface area contributed by atoms with Gasteiger partial charge in [0.2, 0.25) is 5.84 Å². The van der Waals surface area contributed by atoms with Crippen molar-refractivity contribution >= 4 is 11.5 Å². The molecule has 0 amide bonds. The molecule has 0 aliphatic rings. The molecule has 0 aliphatic heterocycles. The van der Waals surface area contributed by atoms with E-state index in [1.165, 1.54) is 7.11 Å². The zero-order valence-corrected chi connectivity index (χ0v) is 9.38. The van der Waals surface area contributed by atoms with Gasteiger partial charge in [-0.2, -0.15) is 0 Å². The van der Waals surface area contributed by atoms with E-state index in [0.717, 1.165) is 5.56 Å². The second-order valence-corrected chi connectivity index (χ2v) is 3.45. The number of oxime groups is 1. The van der Waals surface area contributed by atoms with Gasteiger partial charge in [0, 0.05) is 11.3 Å². The van der Waals surface area contributed by atoms with Gasteiger partial charge in [-0.15, -0.1) is 0 Å². The van der Waals surface area contributed by atoms with Crippen LogP contribution in [-0.4, -0.2) is 12.9 Å². The first-order valence-corrected chi connectivity index (χ1v) is 5.03. The van der Waals surface area contributed by atoms with E-state index in [2.05, 4.69) is 9.99 Å². The van der Waals surface area contributed by atoms with Crippen molar-refractivity contribution in [2.45, 2.75) is 0 Å². The van der Waals surface area contributed by atoms with Crippen LogP contribution in [-0.2, 0) is 4.84 Å². The highest BCUT2D eigenvalue weighted by atomic mass is 16.6. The third kappa shape index (κ3) is 2.39. The topological polar surface area (TPSA) is 86.8 Å². The molecular weight excluding hydrogens is 218 g/mol. The Labute approximate surface area is 98.7 Å². The number of amidine groups is 1. The van der Waals surface area contributed by atoms with Crippen LogP contribution in [0.3, 0.4) is 0 Å². The molecule has 2 rings (SSSR count). The summed E-state index contributed by atoms with van der Waals surface area (Å²) in [5.74, 6) is 1.38. The minimum atomic E-state index is 0.203. The lowest BCUT2D eigenvalue weighted by molar-refractivity contribution is 0.212. The van der Waals surface area contributed by atoms with Gasteiger partial charge in [-0.1, -0.05) is 5.16 Å². The van der Waals surface area contributed by atoms with E-state index in [-0.39, 0.29) is 5.84 Å². The van der Waals surface area contributed by atoms with Gasteiger partial charge in [0.25, 0.3) is 0 Å². The molecule has 1 aromatic carbocycles. The lowest BCUT2D eigenvalue weighted by Gasteiger charge is -1.98. The number of furan rings is 1. The number of hydrogen-bond donors (Lipinski definition) is 2. The standard InChI is InChI=1S/C12H13N3O2/c1-16-15-12(14)11-7-6-10(17-11)8-2-4-9(13)5-3-8/h2-7H,13H2,1H3,(H2,14,15). The zero-order valence-electron chi connectivity index (χ0n) is 9.38. The van der Waals surface area contributed by atoms with Crippen LogP contribution in [0.4, 0.5) is 5.69 Å². The first-order chi connectivity index (χ1) is 8.20. The first-order valence-electron chi connectivity index (χ1n) is 5.03. The lowest BCUT2D eigenvalue weighted by atomic mass is 10.1. The summed E-state index contributed by atoms with van der Waals surface area (Å²) in [6.07, 6.45) is 0. The summed E-state index contributed by atoms with van der Waals surface area (Å²) in [6.45, 7) is 0. The van der Waals surface area contributed by atoms with Crippen molar-refractivity contribution < 1.29 is 9.25 Å². The van der Waals surface area contributed by atoms with E-state index in [9.17, 15) is 0 Å². The zero-order chi connectivity index (χ0) is 12.3. The maximum absolute atomic E-state index is 5.63. The van der Waals surface area contributed by atoms with Crippen molar-refractivity contribution in [1.82, 2.24) is 0 Å². The molecule has 0 aliphatic carbocycles. The van der Waals surface area contributed by atoms with Crippen LogP contribution >= 0.6 is 0 Å². The van der Waals surface area contributed by atoms with Crippen molar-refractivity contribution in [3.63, 3.8) is 0 Å². The van der Waals surface area contributed by atoms with E-state index < -0.39 is 0 Å². The molecule has 0 bridgehead atoms. The number of nitrogens with zero attached hydrogens (tertiary/aromatic N) is 1. The Balaban J connectivity index is 2.30. The largest absolute Gasteiger partial charge is 0.453 e. The summed E-state index contributed by atoms with van der Waals surface area (Å²) in [6, 6.07) is 10.9. The summed E-state index contributed by atoms with van der Waals surface area (Å²) < 4.78 is 5.55. The molecule has 0 unspecified atom stereocenters. The van der Waals surface area contributed by atoms with Crippen molar-refractivity contribution in [3.8, 4) is 11.3 Å². The molecule has 0 saturated heterocycles. The molecule has 4 N–H and O–H groups in total. The Morgan fingerprint density at radius 2 is 1.88 bits per heavy atom. The van der Waals surface area contributed by atoms with Gasteiger partial charge >= 0.3 is 0 Å². The van der Waals surface area contributed by atoms with E-state index in [0.29, 0.717) is 17.2 Å². The fourth-order valence-corrected chi connectivity index (χ4v) is 1.42. The normalized spacial score (nSPS) is 11.5. The molecule has 5 heteroatoms. The average molecular weight is 231 g/mol. The minimum Gasteiger partial charge on any atom is -0.453 e. The molecule has 17 heavy (non-hydrogen) atoms. The fourth-order valence-electron chi connectivity index (χ4n) is 1.42. The van der Waals surface area contributed by atoms with Crippen LogP contribution in [0.2, 0.25) is 0 Å². The maximum atomic E-state index is 5.63. The maximum Gasteiger partial charge on any atom is 0.206 e. The van der Waals surface area contributed by atoms with Crippen molar-refractivity contribution in [1.29, 1.82) is 0 Å². The quantitative estimate of drug-likeness (QED) is 0.365. The highest BCUT2D eigenvalue weighted by Crippen LogP contribution is 2.22. The molecule has 0 atom stereocenters. The smallest absolute Gasteiger partial charge is 0.206 e. The second kappa shape index (κ2) is 4.61. The van der Waals surface area contributed by atoms with E-state index in [4.69, 9.17) is 15.9 Å². The molecule has 2 aromatic rings. The highest BCUT2D eigenvalue weighted by Gasteiger charge is 2.07. The molecule has 0 saturated carbocycles. The fraction of sp³-hybridized carbons (Fsp3) is 0.0833. The lowest BCUT2D eigenvalue weighted by Crippen LogP contribution is -2.12.